The molecule has 110 valence electrons. The average molecular weight is 300 g/mol. The highest BCUT2D eigenvalue weighted by Crippen LogP contribution is 2.23. The van der Waals surface area contributed by atoms with Gasteiger partial charge in [-0.2, -0.15) is 0 Å². The van der Waals surface area contributed by atoms with E-state index in [-0.39, 0.29) is 10.9 Å². The monoisotopic (exact) mass is 300 g/mol. The summed E-state index contributed by atoms with van der Waals surface area (Å²) < 4.78 is 0. The van der Waals surface area contributed by atoms with E-state index >= 15 is 0 Å². The van der Waals surface area contributed by atoms with Crippen molar-refractivity contribution in [2.75, 3.05) is 0 Å². The Balaban J connectivity index is 2.19. The molecular formula is C17H20N2OS. The molecule has 0 saturated carbocycles. The van der Waals surface area contributed by atoms with Crippen molar-refractivity contribution in [1.29, 1.82) is 0 Å². The van der Waals surface area contributed by atoms with Gasteiger partial charge in [-0.25, -0.2) is 0 Å². The lowest BCUT2D eigenvalue weighted by molar-refractivity contribution is -0.127. The van der Waals surface area contributed by atoms with Crippen LogP contribution in [0.1, 0.15) is 25.8 Å². The first-order chi connectivity index (χ1) is 9.99. The molecule has 0 fully saturated rings. The van der Waals surface area contributed by atoms with Crippen molar-refractivity contribution >= 4 is 33.9 Å². The van der Waals surface area contributed by atoms with Crippen molar-refractivity contribution in [3.63, 3.8) is 0 Å². The third-order valence-corrected chi connectivity index (χ3v) is 4.52. The predicted molar refractivity (Wildman–Crippen MR) is 91.0 cm³/mol. The van der Waals surface area contributed by atoms with E-state index in [1.165, 1.54) is 0 Å². The quantitative estimate of drug-likeness (QED) is 0.834. The van der Waals surface area contributed by atoms with E-state index in [2.05, 4.69) is 23.5 Å². The molecule has 0 aromatic heterocycles. The molecule has 0 aliphatic rings. The first kappa shape index (κ1) is 15.4. The van der Waals surface area contributed by atoms with E-state index in [0.717, 1.165) is 16.3 Å². The Morgan fingerprint density at radius 1 is 1.24 bits per heavy atom. The minimum absolute atomic E-state index is 0.120. The van der Waals surface area contributed by atoms with E-state index in [1.807, 2.05) is 31.2 Å². The molecular weight excluding hydrogens is 280 g/mol. The minimum atomic E-state index is -0.792. The number of amides is 1. The van der Waals surface area contributed by atoms with Gasteiger partial charge in [0.25, 0.3) is 0 Å². The number of benzene rings is 2. The van der Waals surface area contributed by atoms with Crippen LogP contribution in [0.2, 0.25) is 0 Å². The number of thiocarbonyl (C=S) groups is 1. The van der Waals surface area contributed by atoms with Gasteiger partial charge in [0.15, 0.2) is 0 Å². The third-order valence-electron chi connectivity index (χ3n) is 4.07. The summed E-state index contributed by atoms with van der Waals surface area (Å²) in [6.45, 7) is 4.17. The van der Waals surface area contributed by atoms with Crippen molar-refractivity contribution in [3.05, 3.63) is 48.0 Å². The van der Waals surface area contributed by atoms with Crippen LogP contribution in [0.25, 0.3) is 10.8 Å². The van der Waals surface area contributed by atoms with Crippen LogP contribution in [0.4, 0.5) is 0 Å². The van der Waals surface area contributed by atoms with Gasteiger partial charge in [0.05, 0.1) is 10.4 Å². The van der Waals surface area contributed by atoms with Gasteiger partial charge < -0.3 is 11.1 Å². The minimum Gasteiger partial charge on any atom is -0.392 e. The Kier molecular flexibility index (Phi) is 4.58. The van der Waals surface area contributed by atoms with Crippen molar-refractivity contribution in [1.82, 2.24) is 5.32 Å². The fraction of sp³-hybridized carbons (Fsp3) is 0.294. The Bertz CT molecular complexity index is 678. The smallest absolute Gasteiger partial charge is 0.233 e. The van der Waals surface area contributed by atoms with Crippen LogP contribution in [0.15, 0.2) is 42.5 Å². The maximum Gasteiger partial charge on any atom is 0.233 e. The standard InChI is InChI=1S/C17H20N2OS/c1-3-17(2,15(18)21)16(20)19-11-13-9-6-8-12-7-4-5-10-14(12)13/h4-10H,3,11H2,1-2H3,(H2,18,21)(H,19,20). The van der Waals surface area contributed by atoms with Crippen LogP contribution >= 0.6 is 12.2 Å². The van der Waals surface area contributed by atoms with E-state index in [4.69, 9.17) is 18.0 Å². The lowest BCUT2D eigenvalue weighted by atomic mass is 9.86. The van der Waals surface area contributed by atoms with Crippen LogP contribution in [-0.2, 0) is 11.3 Å². The second-order valence-corrected chi connectivity index (χ2v) is 5.81. The zero-order valence-electron chi connectivity index (χ0n) is 12.3. The molecule has 2 rings (SSSR count). The maximum absolute atomic E-state index is 12.4. The van der Waals surface area contributed by atoms with Gasteiger partial charge in [-0.05, 0) is 29.7 Å². The number of carbonyl (C=O) groups is 1. The lowest BCUT2D eigenvalue weighted by Crippen LogP contribution is -2.46. The van der Waals surface area contributed by atoms with E-state index in [0.29, 0.717) is 13.0 Å². The Labute approximate surface area is 130 Å². The summed E-state index contributed by atoms with van der Waals surface area (Å²) in [5.41, 5.74) is 6.01. The molecule has 3 nitrogen and oxygen atoms in total. The van der Waals surface area contributed by atoms with Crippen LogP contribution in [0.5, 0.6) is 0 Å². The van der Waals surface area contributed by atoms with Crippen molar-refractivity contribution in [3.8, 4) is 0 Å². The summed E-state index contributed by atoms with van der Waals surface area (Å²) in [5, 5.41) is 5.27. The zero-order valence-corrected chi connectivity index (χ0v) is 13.2. The Hall–Kier alpha value is -1.94. The second kappa shape index (κ2) is 6.22. The second-order valence-electron chi connectivity index (χ2n) is 5.37. The molecule has 0 radical (unpaired) electrons. The maximum atomic E-state index is 12.4. The third kappa shape index (κ3) is 3.05. The summed E-state index contributed by atoms with van der Waals surface area (Å²) in [7, 11) is 0. The molecule has 1 amide bonds. The highest BCUT2D eigenvalue weighted by atomic mass is 32.1. The molecule has 0 saturated heterocycles. The number of nitrogens with two attached hydrogens (primary N) is 1. The van der Waals surface area contributed by atoms with Gasteiger partial charge >= 0.3 is 0 Å². The molecule has 0 aliphatic heterocycles. The van der Waals surface area contributed by atoms with Crippen LogP contribution in [0.3, 0.4) is 0 Å². The Morgan fingerprint density at radius 3 is 2.57 bits per heavy atom. The van der Waals surface area contributed by atoms with Gasteiger partial charge in [0.2, 0.25) is 5.91 Å². The Morgan fingerprint density at radius 2 is 1.90 bits per heavy atom. The van der Waals surface area contributed by atoms with Crippen LogP contribution in [-0.4, -0.2) is 10.9 Å². The number of hydrogen-bond acceptors (Lipinski definition) is 2. The van der Waals surface area contributed by atoms with Crippen LogP contribution in [0, 0.1) is 5.41 Å². The molecule has 21 heavy (non-hydrogen) atoms. The molecule has 3 N–H and O–H groups in total. The highest BCUT2D eigenvalue weighted by Gasteiger charge is 2.34. The van der Waals surface area contributed by atoms with Crippen molar-refractivity contribution in [2.24, 2.45) is 11.1 Å². The van der Waals surface area contributed by atoms with Crippen LogP contribution < -0.4 is 11.1 Å². The summed E-state index contributed by atoms with van der Waals surface area (Å²) in [6.07, 6.45) is 0.587. The number of nitrogens with one attached hydrogen (secondary N) is 1. The molecule has 0 heterocycles. The average Bonchev–Trinajstić information content (AvgIpc) is 2.51. The summed E-state index contributed by atoms with van der Waals surface area (Å²) >= 11 is 5.03. The largest absolute Gasteiger partial charge is 0.392 e. The van der Waals surface area contributed by atoms with Gasteiger partial charge in [-0.15, -0.1) is 0 Å². The summed E-state index contributed by atoms with van der Waals surface area (Å²) in [4.78, 5) is 12.6. The van der Waals surface area contributed by atoms with Gasteiger partial charge in [0.1, 0.15) is 0 Å². The van der Waals surface area contributed by atoms with Crippen molar-refractivity contribution in [2.45, 2.75) is 26.8 Å². The molecule has 0 aliphatic carbocycles. The first-order valence-electron chi connectivity index (χ1n) is 7.04. The van der Waals surface area contributed by atoms with E-state index < -0.39 is 5.41 Å². The summed E-state index contributed by atoms with van der Waals surface area (Å²) in [5.74, 6) is -0.120. The molecule has 1 atom stereocenters. The fourth-order valence-electron chi connectivity index (χ4n) is 2.26. The van der Waals surface area contributed by atoms with Crippen molar-refractivity contribution < 1.29 is 4.79 Å². The lowest BCUT2D eigenvalue weighted by Gasteiger charge is -2.25. The molecule has 4 heteroatoms. The number of carbonyl (C=O) groups excluding carboxylic acids is 1. The predicted octanol–water partition coefficient (Wildman–Crippen LogP) is 3.16. The normalized spacial score (nSPS) is 13.6. The topological polar surface area (TPSA) is 55.1 Å². The molecule has 0 spiro atoms. The first-order valence-corrected chi connectivity index (χ1v) is 7.44. The highest BCUT2D eigenvalue weighted by molar-refractivity contribution is 7.80. The molecule has 1 unspecified atom stereocenters. The van der Waals surface area contributed by atoms with Gasteiger partial charge in [-0.3, -0.25) is 4.79 Å². The number of hydrogen-bond donors (Lipinski definition) is 2. The van der Waals surface area contributed by atoms with Gasteiger partial charge in [0, 0.05) is 6.54 Å². The van der Waals surface area contributed by atoms with E-state index in [1.54, 1.807) is 6.92 Å². The fourth-order valence-corrected chi connectivity index (χ4v) is 2.50. The summed E-state index contributed by atoms with van der Waals surface area (Å²) in [6, 6.07) is 14.2. The number of fused-ring (bicyclic) bond motifs is 1. The van der Waals surface area contributed by atoms with Gasteiger partial charge in [-0.1, -0.05) is 61.6 Å². The molecule has 2 aromatic rings. The molecule has 0 bridgehead atoms. The number of rotatable bonds is 5. The molecule has 2 aromatic carbocycles. The SMILES string of the molecule is CCC(C)(C(=O)NCc1cccc2ccccc12)C(N)=S. The zero-order chi connectivity index (χ0) is 15.5. The van der Waals surface area contributed by atoms with E-state index in [9.17, 15) is 4.79 Å².